The van der Waals surface area contributed by atoms with Gasteiger partial charge in [0.25, 0.3) is 5.69 Å². The van der Waals surface area contributed by atoms with Gasteiger partial charge < -0.3 is 10.5 Å². The molecule has 0 aliphatic carbocycles. The first kappa shape index (κ1) is 14.8. The molecule has 2 aromatic carbocycles. The molecule has 3 N–H and O–H groups in total. The van der Waals surface area contributed by atoms with Gasteiger partial charge >= 0.3 is 0 Å². The van der Waals surface area contributed by atoms with E-state index in [2.05, 4.69) is 0 Å². The number of nitrogens with two attached hydrogens (primary N) is 1. The molecule has 0 spiro atoms. The molecule has 0 amide bonds. The summed E-state index contributed by atoms with van der Waals surface area (Å²) in [7, 11) is 0. The maximum atomic E-state index is 10.6. The van der Waals surface area contributed by atoms with Gasteiger partial charge in [-0.2, -0.15) is 0 Å². The molecule has 2 aromatic rings. The van der Waals surface area contributed by atoms with Crippen LogP contribution < -0.4 is 10.5 Å². The van der Waals surface area contributed by atoms with Crippen LogP contribution in [0.15, 0.2) is 42.5 Å². The number of amidine groups is 1. The van der Waals surface area contributed by atoms with Crippen molar-refractivity contribution >= 4 is 23.1 Å². The average Bonchev–Trinajstić information content (AvgIpc) is 2.46. The second-order valence-corrected chi connectivity index (χ2v) is 4.68. The molecule has 0 fully saturated rings. The third kappa shape index (κ3) is 3.70. The van der Waals surface area contributed by atoms with E-state index in [-0.39, 0.29) is 23.2 Å². The van der Waals surface area contributed by atoms with Crippen molar-refractivity contribution in [3.05, 3.63) is 68.7 Å². The predicted molar refractivity (Wildman–Crippen MR) is 79.9 cm³/mol. The van der Waals surface area contributed by atoms with Crippen molar-refractivity contribution < 1.29 is 9.66 Å². The fraction of sp³-hybridized carbons (Fsp3) is 0.0714. The van der Waals surface area contributed by atoms with E-state index in [4.69, 9.17) is 27.5 Å². The van der Waals surface area contributed by atoms with E-state index in [1.807, 2.05) is 6.07 Å². The molecule has 2 rings (SSSR count). The minimum atomic E-state index is -0.522. The minimum absolute atomic E-state index is 0.0229. The first-order valence-electron chi connectivity index (χ1n) is 5.97. The number of hydrogen-bond donors (Lipinski definition) is 2. The topological polar surface area (TPSA) is 102 Å². The lowest BCUT2D eigenvalue weighted by atomic mass is 10.1. The summed E-state index contributed by atoms with van der Waals surface area (Å²) in [6.45, 7) is 0.221. The Kier molecular flexibility index (Phi) is 4.39. The van der Waals surface area contributed by atoms with Crippen LogP contribution in [0.4, 0.5) is 5.69 Å². The SMILES string of the molecule is N=C(N)c1cccc(COc2ccc([N+](=O)[O-])cc2Cl)c1. The number of nitrogen functional groups attached to an aromatic ring is 1. The highest BCUT2D eigenvalue weighted by Gasteiger charge is 2.10. The van der Waals surface area contributed by atoms with Gasteiger partial charge in [-0.15, -0.1) is 0 Å². The number of non-ortho nitro benzene ring substituents is 1. The fourth-order valence-electron chi connectivity index (χ4n) is 1.71. The van der Waals surface area contributed by atoms with E-state index >= 15 is 0 Å². The zero-order valence-corrected chi connectivity index (χ0v) is 11.6. The number of nitrogens with one attached hydrogen (secondary N) is 1. The summed E-state index contributed by atoms with van der Waals surface area (Å²) in [5.41, 5.74) is 6.74. The molecule has 0 radical (unpaired) electrons. The summed E-state index contributed by atoms with van der Waals surface area (Å²) in [6.07, 6.45) is 0. The highest BCUT2D eigenvalue weighted by atomic mass is 35.5. The van der Waals surface area contributed by atoms with Gasteiger partial charge in [-0.25, -0.2) is 0 Å². The molecule has 0 bridgehead atoms. The van der Waals surface area contributed by atoms with Gasteiger partial charge in [-0.1, -0.05) is 29.8 Å². The summed E-state index contributed by atoms with van der Waals surface area (Å²) in [4.78, 5) is 10.1. The lowest BCUT2D eigenvalue weighted by Crippen LogP contribution is -2.11. The summed E-state index contributed by atoms with van der Waals surface area (Å²) in [5.74, 6) is 0.334. The molecular weight excluding hydrogens is 294 g/mol. The quantitative estimate of drug-likeness (QED) is 0.383. The van der Waals surface area contributed by atoms with E-state index in [1.165, 1.54) is 18.2 Å². The molecule has 0 unspecified atom stereocenters. The molecule has 0 atom stereocenters. The van der Waals surface area contributed by atoms with Crippen molar-refractivity contribution in [3.8, 4) is 5.75 Å². The van der Waals surface area contributed by atoms with Crippen LogP contribution in [0.3, 0.4) is 0 Å². The Bertz CT molecular complexity index is 704. The van der Waals surface area contributed by atoms with Crippen molar-refractivity contribution in [2.24, 2.45) is 5.73 Å². The number of hydrogen-bond acceptors (Lipinski definition) is 4. The van der Waals surface area contributed by atoms with Crippen LogP contribution in [0.25, 0.3) is 0 Å². The molecule has 0 aromatic heterocycles. The van der Waals surface area contributed by atoms with E-state index in [1.54, 1.807) is 18.2 Å². The van der Waals surface area contributed by atoms with Crippen LogP contribution in [-0.2, 0) is 6.61 Å². The summed E-state index contributed by atoms with van der Waals surface area (Å²) in [5, 5.41) is 18.2. The normalized spacial score (nSPS) is 10.1. The molecule has 0 aliphatic heterocycles. The number of rotatable bonds is 5. The van der Waals surface area contributed by atoms with Crippen LogP contribution in [-0.4, -0.2) is 10.8 Å². The van der Waals surface area contributed by atoms with Crippen LogP contribution in [0.5, 0.6) is 5.75 Å². The Morgan fingerprint density at radius 3 is 2.71 bits per heavy atom. The third-order valence-corrected chi connectivity index (χ3v) is 3.05. The van der Waals surface area contributed by atoms with Crippen LogP contribution in [0.1, 0.15) is 11.1 Å². The largest absolute Gasteiger partial charge is 0.487 e. The standard InChI is InChI=1S/C14H12ClN3O3/c15-12-7-11(18(19)20)4-5-13(12)21-8-9-2-1-3-10(6-9)14(16)17/h1-7H,8H2,(H3,16,17). The number of benzene rings is 2. The zero-order chi connectivity index (χ0) is 15.4. The van der Waals surface area contributed by atoms with E-state index < -0.39 is 4.92 Å². The lowest BCUT2D eigenvalue weighted by molar-refractivity contribution is -0.384. The van der Waals surface area contributed by atoms with Crippen molar-refractivity contribution in [1.82, 2.24) is 0 Å². The Labute approximate surface area is 125 Å². The molecule has 0 saturated heterocycles. The third-order valence-electron chi connectivity index (χ3n) is 2.76. The minimum Gasteiger partial charge on any atom is -0.487 e. The Balaban J connectivity index is 2.11. The number of nitrogens with zero attached hydrogens (tertiary/aromatic N) is 1. The number of halogens is 1. The van der Waals surface area contributed by atoms with Crippen molar-refractivity contribution in [2.75, 3.05) is 0 Å². The predicted octanol–water partition coefficient (Wildman–Crippen LogP) is 3.11. The van der Waals surface area contributed by atoms with Crippen LogP contribution >= 0.6 is 11.6 Å². The summed E-state index contributed by atoms with van der Waals surface area (Å²) < 4.78 is 5.53. The number of nitro groups is 1. The lowest BCUT2D eigenvalue weighted by Gasteiger charge is -2.09. The first-order chi connectivity index (χ1) is 9.97. The van der Waals surface area contributed by atoms with Crippen molar-refractivity contribution in [2.45, 2.75) is 6.61 Å². The fourth-order valence-corrected chi connectivity index (χ4v) is 1.94. The average molecular weight is 306 g/mol. The van der Waals surface area contributed by atoms with Crippen molar-refractivity contribution in [1.29, 1.82) is 5.41 Å². The molecule has 0 saturated carbocycles. The van der Waals surface area contributed by atoms with Crippen LogP contribution in [0, 0.1) is 15.5 Å². The zero-order valence-electron chi connectivity index (χ0n) is 10.9. The first-order valence-corrected chi connectivity index (χ1v) is 6.35. The highest BCUT2D eigenvalue weighted by Crippen LogP contribution is 2.29. The number of ether oxygens (including phenoxy) is 1. The van der Waals surface area contributed by atoms with Gasteiger partial charge in [0.2, 0.25) is 0 Å². The molecule has 6 nitrogen and oxygen atoms in total. The Hall–Kier alpha value is -2.60. The van der Waals surface area contributed by atoms with E-state index in [0.29, 0.717) is 11.3 Å². The van der Waals surface area contributed by atoms with Gasteiger partial charge in [-0.05, 0) is 17.7 Å². The second kappa shape index (κ2) is 6.23. The van der Waals surface area contributed by atoms with Gasteiger partial charge in [-0.3, -0.25) is 15.5 Å². The second-order valence-electron chi connectivity index (χ2n) is 4.27. The van der Waals surface area contributed by atoms with Crippen LogP contribution in [0.2, 0.25) is 5.02 Å². The van der Waals surface area contributed by atoms with E-state index in [0.717, 1.165) is 5.56 Å². The van der Waals surface area contributed by atoms with Crippen molar-refractivity contribution in [3.63, 3.8) is 0 Å². The maximum Gasteiger partial charge on any atom is 0.271 e. The molecule has 7 heteroatoms. The van der Waals surface area contributed by atoms with Gasteiger partial charge in [0.15, 0.2) is 0 Å². The van der Waals surface area contributed by atoms with Gasteiger partial charge in [0.05, 0.1) is 9.95 Å². The smallest absolute Gasteiger partial charge is 0.271 e. The summed E-state index contributed by atoms with van der Waals surface area (Å²) >= 11 is 5.94. The van der Waals surface area contributed by atoms with Gasteiger partial charge in [0, 0.05) is 17.7 Å². The molecule has 21 heavy (non-hydrogen) atoms. The molecule has 0 heterocycles. The highest BCUT2D eigenvalue weighted by molar-refractivity contribution is 6.32. The Morgan fingerprint density at radius 1 is 1.33 bits per heavy atom. The van der Waals surface area contributed by atoms with E-state index in [9.17, 15) is 10.1 Å². The summed E-state index contributed by atoms with van der Waals surface area (Å²) in [6, 6.07) is 11.1. The maximum absolute atomic E-state index is 10.6. The number of nitro benzene ring substituents is 1. The molecule has 108 valence electrons. The monoisotopic (exact) mass is 305 g/mol. The van der Waals surface area contributed by atoms with Gasteiger partial charge in [0.1, 0.15) is 18.2 Å². The molecule has 0 aliphatic rings. The Morgan fingerprint density at radius 2 is 2.10 bits per heavy atom. The molecular formula is C14H12ClN3O3.